The van der Waals surface area contributed by atoms with Crippen molar-refractivity contribution >= 4 is 11.7 Å². The number of ether oxygens (including phenoxy) is 2. The highest BCUT2D eigenvalue weighted by Crippen LogP contribution is 2.19. The van der Waals surface area contributed by atoms with E-state index >= 15 is 0 Å². The number of pyridine rings is 1. The first-order valence-corrected chi connectivity index (χ1v) is 7.34. The summed E-state index contributed by atoms with van der Waals surface area (Å²) >= 11 is 0. The molecule has 0 amide bonds. The van der Waals surface area contributed by atoms with E-state index in [0.29, 0.717) is 31.0 Å². The highest BCUT2D eigenvalue weighted by atomic mass is 16.5. The average molecular weight is 293 g/mol. The van der Waals surface area contributed by atoms with Gasteiger partial charge < -0.3 is 20.5 Å². The molecule has 0 spiro atoms. The van der Waals surface area contributed by atoms with Crippen molar-refractivity contribution < 1.29 is 14.3 Å². The fourth-order valence-electron chi connectivity index (χ4n) is 2.43. The number of nitrogens with one attached hydrogen (secondary N) is 1. The van der Waals surface area contributed by atoms with Crippen molar-refractivity contribution in [2.45, 2.75) is 37.8 Å². The monoisotopic (exact) mass is 293 g/mol. The maximum Gasteiger partial charge on any atom is 0.356 e. The molecular weight excluding hydrogens is 270 g/mol. The van der Waals surface area contributed by atoms with Crippen LogP contribution in [0.3, 0.4) is 0 Å². The SMILES string of the molecule is COC(=O)c1cc(NCCOC2CCC(N)CC2)ccn1. The van der Waals surface area contributed by atoms with Crippen molar-refractivity contribution in [2.24, 2.45) is 5.73 Å². The summed E-state index contributed by atoms with van der Waals surface area (Å²) in [5.74, 6) is -0.437. The van der Waals surface area contributed by atoms with Gasteiger partial charge in [0.2, 0.25) is 0 Å². The first-order valence-electron chi connectivity index (χ1n) is 7.34. The molecule has 1 heterocycles. The molecule has 0 saturated heterocycles. The molecule has 0 atom stereocenters. The predicted molar refractivity (Wildman–Crippen MR) is 80.2 cm³/mol. The summed E-state index contributed by atoms with van der Waals surface area (Å²) in [6.45, 7) is 1.32. The molecule has 1 aromatic rings. The van der Waals surface area contributed by atoms with Gasteiger partial charge in [0.05, 0.1) is 19.8 Å². The highest BCUT2D eigenvalue weighted by Gasteiger charge is 2.18. The van der Waals surface area contributed by atoms with Gasteiger partial charge in [0.15, 0.2) is 0 Å². The number of rotatable bonds is 6. The number of nitrogens with zero attached hydrogens (tertiary/aromatic N) is 1. The van der Waals surface area contributed by atoms with Gasteiger partial charge in [-0.15, -0.1) is 0 Å². The minimum Gasteiger partial charge on any atom is -0.464 e. The lowest BCUT2D eigenvalue weighted by molar-refractivity contribution is 0.0313. The Balaban J connectivity index is 1.70. The van der Waals surface area contributed by atoms with Crippen molar-refractivity contribution in [2.75, 3.05) is 25.6 Å². The number of methoxy groups -OCH3 is 1. The number of aromatic nitrogens is 1. The van der Waals surface area contributed by atoms with Gasteiger partial charge in [-0.2, -0.15) is 0 Å². The second-order valence-electron chi connectivity index (χ2n) is 5.26. The molecule has 21 heavy (non-hydrogen) atoms. The molecule has 1 aromatic heterocycles. The minimum absolute atomic E-state index is 0.296. The van der Waals surface area contributed by atoms with Crippen molar-refractivity contribution in [3.05, 3.63) is 24.0 Å². The second kappa shape index (κ2) is 7.95. The van der Waals surface area contributed by atoms with Crippen molar-refractivity contribution in [3.8, 4) is 0 Å². The van der Waals surface area contributed by atoms with Crippen molar-refractivity contribution in [3.63, 3.8) is 0 Å². The zero-order chi connectivity index (χ0) is 15.1. The third-order valence-electron chi connectivity index (χ3n) is 3.66. The van der Waals surface area contributed by atoms with Crippen LogP contribution in [0.2, 0.25) is 0 Å². The summed E-state index contributed by atoms with van der Waals surface area (Å²) in [6, 6.07) is 3.83. The first kappa shape index (κ1) is 15.7. The number of esters is 1. The number of carbonyl (C=O) groups excluding carboxylic acids is 1. The standard InChI is InChI=1S/C15H23N3O3/c1-20-15(19)14-10-12(6-7-18-14)17-8-9-21-13-4-2-11(16)3-5-13/h6-7,10-11,13H,2-5,8-9,16H2,1H3,(H,17,18). The lowest BCUT2D eigenvalue weighted by Crippen LogP contribution is -2.31. The Morgan fingerprint density at radius 1 is 1.43 bits per heavy atom. The van der Waals surface area contributed by atoms with Gasteiger partial charge >= 0.3 is 5.97 Å². The summed E-state index contributed by atoms with van der Waals surface area (Å²) in [4.78, 5) is 15.3. The van der Waals surface area contributed by atoms with Crippen LogP contribution in [0.1, 0.15) is 36.2 Å². The molecule has 0 bridgehead atoms. The third kappa shape index (κ3) is 4.99. The quantitative estimate of drug-likeness (QED) is 0.611. The van der Waals surface area contributed by atoms with Crippen LogP contribution >= 0.6 is 0 Å². The number of hydrogen-bond acceptors (Lipinski definition) is 6. The molecule has 6 nitrogen and oxygen atoms in total. The summed E-state index contributed by atoms with van der Waals surface area (Å²) in [6.07, 6.45) is 6.09. The Labute approximate surface area is 125 Å². The van der Waals surface area contributed by atoms with E-state index in [1.807, 2.05) is 6.07 Å². The van der Waals surface area contributed by atoms with E-state index in [1.54, 1.807) is 12.3 Å². The van der Waals surface area contributed by atoms with Crippen molar-refractivity contribution in [1.82, 2.24) is 4.98 Å². The molecule has 0 radical (unpaired) electrons. The fraction of sp³-hybridized carbons (Fsp3) is 0.600. The Hall–Kier alpha value is -1.66. The molecular formula is C15H23N3O3. The first-order chi connectivity index (χ1) is 10.2. The van der Waals surface area contributed by atoms with E-state index in [0.717, 1.165) is 31.4 Å². The zero-order valence-electron chi connectivity index (χ0n) is 12.4. The van der Waals surface area contributed by atoms with Crippen LogP contribution in [0.15, 0.2) is 18.3 Å². The summed E-state index contributed by atoms with van der Waals surface area (Å²) in [7, 11) is 1.34. The Morgan fingerprint density at radius 2 is 2.19 bits per heavy atom. The van der Waals surface area contributed by atoms with Gasteiger partial charge in [-0.25, -0.2) is 9.78 Å². The predicted octanol–water partition coefficient (Wildman–Crippen LogP) is 1.57. The lowest BCUT2D eigenvalue weighted by Gasteiger charge is -2.26. The maximum atomic E-state index is 11.4. The molecule has 1 saturated carbocycles. The van der Waals surface area contributed by atoms with E-state index in [4.69, 9.17) is 10.5 Å². The molecule has 1 fully saturated rings. The summed E-state index contributed by atoms with van der Waals surface area (Å²) in [5.41, 5.74) is 7.00. The summed E-state index contributed by atoms with van der Waals surface area (Å²) < 4.78 is 10.5. The molecule has 0 unspecified atom stereocenters. The van der Waals surface area contributed by atoms with Crippen LogP contribution in [0.25, 0.3) is 0 Å². The zero-order valence-corrected chi connectivity index (χ0v) is 12.4. The largest absolute Gasteiger partial charge is 0.464 e. The van der Waals surface area contributed by atoms with Gasteiger partial charge in [-0.1, -0.05) is 0 Å². The minimum atomic E-state index is -0.437. The lowest BCUT2D eigenvalue weighted by atomic mass is 9.94. The average Bonchev–Trinajstić information content (AvgIpc) is 2.53. The van der Waals surface area contributed by atoms with E-state index in [-0.39, 0.29) is 0 Å². The molecule has 3 N–H and O–H groups in total. The van der Waals surface area contributed by atoms with E-state index < -0.39 is 5.97 Å². The van der Waals surface area contributed by atoms with Gasteiger partial charge in [0, 0.05) is 24.5 Å². The maximum absolute atomic E-state index is 11.4. The van der Waals surface area contributed by atoms with E-state index in [9.17, 15) is 4.79 Å². The highest BCUT2D eigenvalue weighted by molar-refractivity contribution is 5.88. The van der Waals surface area contributed by atoms with Crippen LogP contribution in [-0.4, -0.2) is 43.4 Å². The topological polar surface area (TPSA) is 86.5 Å². The molecule has 1 aliphatic carbocycles. The Kier molecular flexibility index (Phi) is 5.95. The number of hydrogen-bond donors (Lipinski definition) is 2. The van der Waals surface area contributed by atoms with Crippen LogP contribution in [0.5, 0.6) is 0 Å². The third-order valence-corrected chi connectivity index (χ3v) is 3.66. The Morgan fingerprint density at radius 3 is 2.90 bits per heavy atom. The molecule has 6 heteroatoms. The molecule has 2 rings (SSSR count). The van der Waals surface area contributed by atoms with E-state index in [2.05, 4.69) is 15.0 Å². The fourth-order valence-corrected chi connectivity index (χ4v) is 2.43. The molecule has 0 aliphatic heterocycles. The van der Waals surface area contributed by atoms with Crippen LogP contribution in [0.4, 0.5) is 5.69 Å². The number of nitrogens with two attached hydrogens (primary N) is 1. The van der Waals surface area contributed by atoms with Gasteiger partial charge in [0.1, 0.15) is 5.69 Å². The van der Waals surface area contributed by atoms with Crippen LogP contribution in [0, 0.1) is 0 Å². The summed E-state index contributed by atoms with van der Waals surface area (Å²) in [5, 5.41) is 3.21. The van der Waals surface area contributed by atoms with Crippen LogP contribution in [-0.2, 0) is 9.47 Å². The normalized spacial score (nSPS) is 21.8. The number of carbonyl (C=O) groups is 1. The second-order valence-corrected chi connectivity index (χ2v) is 5.26. The van der Waals surface area contributed by atoms with Gasteiger partial charge in [-0.3, -0.25) is 0 Å². The number of anilines is 1. The van der Waals surface area contributed by atoms with E-state index in [1.165, 1.54) is 7.11 Å². The molecule has 1 aliphatic rings. The van der Waals surface area contributed by atoms with Crippen LogP contribution < -0.4 is 11.1 Å². The van der Waals surface area contributed by atoms with Gasteiger partial charge in [0.25, 0.3) is 0 Å². The molecule has 116 valence electrons. The molecule has 0 aromatic carbocycles. The van der Waals surface area contributed by atoms with Crippen molar-refractivity contribution in [1.29, 1.82) is 0 Å². The van der Waals surface area contributed by atoms with Gasteiger partial charge in [-0.05, 0) is 37.8 Å². The smallest absolute Gasteiger partial charge is 0.356 e. The Bertz CT molecular complexity index is 459.